The second kappa shape index (κ2) is 17.3. The lowest BCUT2D eigenvalue weighted by Crippen LogP contribution is -2.30. The molecule has 5 heteroatoms. The average molecular weight is 872 g/mol. The molecule has 0 aliphatic heterocycles. The van der Waals surface area contributed by atoms with Crippen LogP contribution in [0.15, 0.2) is 206 Å². The first kappa shape index (κ1) is 41.4. The molecule has 1 heterocycles. The summed E-state index contributed by atoms with van der Waals surface area (Å²) >= 11 is 0. The highest BCUT2D eigenvalue weighted by Gasteiger charge is 2.36. The number of fused-ring (bicyclic) bond motifs is 2. The molecule has 320 valence electrons. The van der Waals surface area contributed by atoms with Crippen molar-refractivity contribution in [2.45, 2.75) is 37.5 Å². The van der Waals surface area contributed by atoms with E-state index in [1.807, 2.05) is 31.5 Å². The molecule has 4 nitrogen and oxygen atoms in total. The number of benzene rings is 9. The maximum Gasteiger partial charge on any atom is 0.165 e. The van der Waals surface area contributed by atoms with Crippen molar-refractivity contribution in [1.29, 1.82) is 0 Å². The van der Waals surface area contributed by atoms with Crippen molar-refractivity contribution in [3.8, 4) is 67.5 Å². The Morgan fingerprint density at radius 3 is 1.32 bits per heavy atom. The molecule has 1 fully saturated rings. The Hall–Kier alpha value is -7.26. The molecular formula is C61H50N3OP. The van der Waals surface area contributed by atoms with Gasteiger partial charge in [-0.1, -0.05) is 219 Å². The summed E-state index contributed by atoms with van der Waals surface area (Å²) in [7, 11) is -2.31. The predicted octanol–water partition coefficient (Wildman–Crippen LogP) is 15.7. The zero-order chi connectivity index (χ0) is 44.7. The van der Waals surface area contributed by atoms with Gasteiger partial charge in [-0.05, 0) is 98.3 Å². The van der Waals surface area contributed by atoms with E-state index in [1.165, 1.54) is 47.1 Å². The third kappa shape index (κ3) is 7.76. The van der Waals surface area contributed by atoms with Crippen LogP contribution in [0.1, 0.15) is 43.2 Å². The SMILES string of the molecule is CP(C)(=O)c1ccc(-c2ccc(C3(c4ccc(-c5nc(-c6cccc(-c7ccccc7)c6)nc(-c6c7ccccc7c(-c7ccccc7)c7ccccc67)n5)cc4)CCCCC3)cc2)cc1. The van der Waals surface area contributed by atoms with Gasteiger partial charge in [0.1, 0.15) is 7.14 Å². The molecule has 0 unspecified atom stereocenters. The zero-order valence-corrected chi connectivity index (χ0v) is 38.3. The monoisotopic (exact) mass is 871 g/mol. The van der Waals surface area contributed by atoms with Gasteiger partial charge in [0.2, 0.25) is 0 Å². The smallest absolute Gasteiger partial charge is 0.165 e. The Balaban J connectivity index is 1.04. The lowest BCUT2D eigenvalue weighted by atomic mass is 9.65. The van der Waals surface area contributed by atoms with Crippen LogP contribution in [0.25, 0.3) is 89.1 Å². The quantitative estimate of drug-likeness (QED) is 0.107. The molecule has 9 aromatic carbocycles. The Morgan fingerprint density at radius 2 is 0.773 bits per heavy atom. The van der Waals surface area contributed by atoms with Gasteiger partial charge in [-0.3, -0.25) is 0 Å². The molecule has 66 heavy (non-hydrogen) atoms. The summed E-state index contributed by atoms with van der Waals surface area (Å²) in [6.45, 7) is 3.65. The third-order valence-electron chi connectivity index (χ3n) is 13.7. The van der Waals surface area contributed by atoms with Crippen molar-refractivity contribution in [2.24, 2.45) is 0 Å². The number of nitrogens with zero attached hydrogens (tertiary/aromatic N) is 3. The molecular weight excluding hydrogens is 822 g/mol. The van der Waals surface area contributed by atoms with Crippen LogP contribution >= 0.6 is 7.14 Å². The highest BCUT2D eigenvalue weighted by Crippen LogP contribution is 2.47. The summed E-state index contributed by atoms with van der Waals surface area (Å²) in [5, 5.41) is 5.42. The van der Waals surface area contributed by atoms with Crippen molar-refractivity contribution < 1.29 is 4.57 Å². The van der Waals surface area contributed by atoms with Crippen molar-refractivity contribution >= 4 is 34.0 Å². The van der Waals surface area contributed by atoms with Crippen LogP contribution < -0.4 is 5.30 Å². The fourth-order valence-electron chi connectivity index (χ4n) is 10.3. The molecule has 1 aromatic heterocycles. The molecule has 0 N–H and O–H groups in total. The average Bonchev–Trinajstić information content (AvgIpc) is 3.38. The van der Waals surface area contributed by atoms with Crippen LogP contribution in [0.4, 0.5) is 0 Å². The van der Waals surface area contributed by atoms with Crippen LogP contribution in [0.2, 0.25) is 0 Å². The summed E-state index contributed by atoms with van der Waals surface area (Å²) in [6, 6.07) is 73.5. The van der Waals surface area contributed by atoms with Crippen molar-refractivity contribution in [3.05, 3.63) is 217 Å². The van der Waals surface area contributed by atoms with Gasteiger partial charge >= 0.3 is 0 Å². The summed E-state index contributed by atoms with van der Waals surface area (Å²) < 4.78 is 12.7. The van der Waals surface area contributed by atoms with Crippen molar-refractivity contribution in [2.75, 3.05) is 13.3 Å². The number of hydrogen-bond donors (Lipinski definition) is 0. The van der Waals surface area contributed by atoms with Crippen LogP contribution in [-0.2, 0) is 9.98 Å². The molecule has 0 atom stereocenters. The summed E-state index contributed by atoms with van der Waals surface area (Å²) in [5.41, 5.74) is 12.4. The minimum atomic E-state index is -2.31. The normalized spacial score (nSPS) is 13.8. The van der Waals surface area contributed by atoms with E-state index in [2.05, 4.69) is 188 Å². The molecule has 0 radical (unpaired) electrons. The predicted molar refractivity (Wildman–Crippen MR) is 277 cm³/mol. The molecule has 0 amide bonds. The Morgan fingerprint density at radius 1 is 0.364 bits per heavy atom. The van der Waals surface area contributed by atoms with E-state index in [0.717, 1.165) is 73.1 Å². The van der Waals surface area contributed by atoms with E-state index in [-0.39, 0.29) is 5.41 Å². The topological polar surface area (TPSA) is 55.7 Å². The lowest BCUT2D eigenvalue weighted by Gasteiger charge is -2.39. The molecule has 11 rings (SSSR count). The van der Waals surface area contributed by atoms with Crippen molar-refractivity contribution in [1.82, 2.24) is 15.0 Å². The van der Waals surface area contributed by atoms with Crippen LogP contribution in [0, 0.1) is 0 Å². The fourth-order valence-corrected chi connectivity index (χ4v) is 11.2. The highest BCUT2D eigenvalue weighted by molar-refractivity contribution is 7.70. The van der Waals surface area contributed by atoms with Crippen molar-refractivity contribution in [3.63, 3.8) is 0 Å². The second-order valence-corrected chi connectivity index (χ2v) is 21.4. The van der Waals surface area contributed by atoms with Gasteiger partial charge in [-0.15, -0.1) is 0 Å². The Labute approximate surface area is 387 Å². The number of aromatic nitrogens is 3. The first-order valence-corrected chi connectivity index (χ1v) is 25.7. The van der Waals surface area contributed by atoms with Gasteiger partial charge in [0, 0.05) is 27.4 Å². The zero-order valence-electron chi connectivity index (χ0n) is 37.4. The van der Waals surface area contributed by atoms with Gasteiger partial charge < -0.3 is 4.57 Å². The first-order chi connectivity index (χ1) is 32.3. The van der Waals surface area contributed by atoms with Crippen LogP contribution in [0.5, 0.6) is 0 Å². The van der Waals surface area contributed by atoms with Gasteiger partial charge in [-0.2, -0.15) is 0 Å². The van der Waals surface area contributed by atoms with E-state index in [0.29, 0.717) is 17.5 Å². The third-order valence-corrected chi connectivity index (χ3v) is 15.3. The molecule has 0 bridgehead atoms. The van der Waals surface area contributed by atoms with E-state index in [9.17, 15) is 4.57 Å². The Bertz CT molecular complexity index is 3350. The van der Waals surface area contributed by atoms with Gasteiger partial charge in [0.05, 0.1) is 0 Å². The van der Waals surface area contributed by atoms with Gasteiger partial charge in [0.25, 0.3) is 0 Å². The first-order valence-electron chi connectivity index (χ1n) is 23.1. The van der Waals surface area contributed by atoms with E-state index in [1.54, 1.807) is 0 Å². The minimum Gasteiger partial charge on any atom is -0.319 e. The van der Waals surface area contributed by atoms with E-state index in [4.69, 9.17) is 15.0 Å². The molecule has 1 aliphatic rings. The lowest BCUT2D eigenvalue weighted by molar-refractivity contribution is 0.346. The number of rotatable bonds is 9. The molecule has 1 aliphatic carbocycles. The van der Waals surface area contributed by atoms with Gasteiger partial charge in [-0.25, -0.2) is 15.0 Å². The molecule has 0 saturated heterocycles. The highest BCUT2D eigenvalue weighted by atomic mass is 31.2. The molecule has 0 spiro atoms. The second-order valence-electron chi connectivity index (χ2n) is 18.2. The van der Waals surface area contributed by atoms with Gasteiger partial charge in [0.15, 0.2) is 17.5 Å². The Kier molecular flexibility index (Phi) is 10.8. The standard InChI is InChI=1S/C61H50N3OP/c1-66(2,65)51-37-31-44(32-38-51)43-27-33-49(34-28-43)61(39-14-5-15-40-61)50-35-29-46(30-36-50)58-62-59(48-22-16-21-47(41-48)42-17-6-3-7-18-42)64-60(63-58)57-54-25-12-10-23-52(54)56(45-19-8-4-9-20-45)53-24-11-13-26-55(53)57/h3-4,6-13,16-38,41H,5,14-15,39-40H2,1-2H3. The van der Waals surface area contributed by atoms with Crippen LogP contribution in [-0.4, -0.2) is 28.3 Å². The van der Waals surface area contributed by atoms with E-state index < -0.39 is 7.14 Å². The minimum absolute atomic E-state index is 0.0954. The maximum absolute atomic E-state index is 12.7. The summed E-state index contributed by atoms with van der Waals surface area (Å²) in [6.07, 6.45) is 5.82. The summed E-state index contributed by atoms with van der Waals surface area (Å²) in [4.78, 5) is 16.1. The fraction of sp³-hybridized carbons (Fsp3) is 0.131. The molecule has 1 saturated carbocycles. The largest absolute Gasteiger partial charge is 0.319 e. The maximum atomic E-state index is 12.7. The number of hydrogen-bond acceptors (Lipinski definition) is 4. The molecule has 10 aromatic rings. The van der Waals surface area contributed by atoms with E-state index >= 15 is 0 Å². The summed E-state index contributed by atoms with van der Waals surface area (Å²) in [5.74, 6) is 1.92. The van der Waals surface area contributed by atoms with Crippen LogP contribution in [0.3, 0.4) is 0 Å².